The number of hydrogen-bond donors (Lipinski definition) is 0. The van der Waals surface area contributed by atoms with E-state index >= 15 is 4.39 Å². The van der Waals surface area contributed by atoms with E-state index in [0.717, 1.165) is 24.9 Å². The lowest BCUT2D eigenvalue weighted by Gasteiger charge is -2.53. The Hall–Kier alpha value is -4.05. The number of likely N-dealkylation sites (tertiary alicyclic amines) is 1. The van der Waals surface area contributed by atoms with E-state index < -0.39 is 23.6 Å². The number of carbonyl (C=O) groups excluding carboxylic acids is 2. The van der Waals surface area contributed by atoms with Crippen LogP contribution in [0.3, 0.4) is 0 Å². The summed E-state index contributed by atoms with van der Waals surface area (Å²) in [5.41, 5.74) is 2.59. The first-order valence-electron chi connectivity index (χ1n) is 16.5. The summed E-state index contributed by atoms with van der Waals surface area (Å²) in [5.74, 6) is 2.39. The predicted octanol–water partition coefficient (Wildman–Crippen LogP) is 6.22. The number of nitrogens with zero attached hydrogens (tertiary/aromatic N) is 5. The minimum absolute atomic E-state index is 0.0801. The summed E-state index contributed by atoms with van der Waals surface area (Å²) >= 11 is 6.99. The number of hydrogen-bond acceptors (Lipinski definition) is 9. The summed E-state index contributed by atoms with van der Waals surface area (Å²) in [6.45, 7) is 11.1. The first-order valence-corrected chi connectivity index (χ1v) is 16.9. The van der Waals surface area contributed by atoms with Gasteiger partial charge in [-0.1, -0.05) is 23.7 Å². The van der Waals surface area contributed by atoms with Gasteiger partial charge in [0.1, 0.15) is 40.3 Å². The number of likely N-dealkylation sites (N-methyl/N-ethyl adjacent to an activating group) is 1. The number of fused-ring (bicyclic) bond motifs is 4. The normalized spacial score (nSPS) is 23.9. The van der Waals surface area contributed by atoms with Crippen molar-refractivity contribution in [2.75, 3.05) is 50.1 Å². The molecular formula is C36H41ClFN5O5. The van der Waals surface area contributed by atoms with Crippen molar-refractivity contribution in [3.8, 4) is 22.8 Å². The highest BCUT2D eigenvalue weighted by Gasteiger charge is 2.50. The van der Waals surface area contributed by atoms with Gasteiger partial charge in [0.25, 0.3) is 0 Å². The van der Waals surface area contributed by atoms with Crippen molar-refractivity contribution in [2.24, 2.45) is 0 Å². The number of aromatic nitrogens is 1. The third kappa shape index (κ3) is 5.14. The number of ether oxygens (including phenoxy) is 3. The van der Waals surface area contributed by atoms with Crippen LogP contribution in [0.5, 0.6) is 11.6 Å². The SMILES string of the molecule is COc1cccc(C)c1-c1c(Cl)cc2c3c4c(nc2c1F)O[C@@H]([C@@H]1CCCN1C)CN4C(=C=O)[C@H]1CN(C(=O)OC(C)(C)C)[C@H](C)CN31. The zero-order chi connectivity index (χ0) is 34.2. The highest BCUT2D eigenvalue weighted by atomic mass is 35.5. The van der Waals surface area contributed by atoms with Gasteiger partial charge in [0.05, 0.1) is 37.0 Å². The van der Waals surface area contributed by atoms with Crippen LogP contribution in [0.25, 0.3) is 22.0 Å². The number of benzene rings is 2. The first-order chi connectivity index (χ1) is 22.8. The average Bonchev–Trinajstić information content (AvgIpc) is 3.46. The molecule has 3 aromatic rings. The molecule has 0 aliphatic carbocycles. The second-order valence-corrected chi connectivity index (χ2v) is 14.7. The second-order valence-electron chi connectivity index (χ2n) is 14.3. The quantitative estimate of drug-likeness (QED) is 0.300. The van der Waals surface area contributed by atoms with E-state index in [0.29, 0.717) is 46.9 Å². The Morgan fingerprint density at radius 1 is 1.17 bits per heavy atom. The fraction of sp³-hybridized carbons (Fsp3) is 0.500. The van der Waals surface area contributed by atoms with E-state index in [1.807, 2.05) is 51.7 Å². The summed E-state index contributed by atoms with van der Waals surface area (Å²) in [6.07, 6.45) is 1.15. The fourth-order valence-corrected chi connectivity index (χ4v) is 8.16. The molecule has 0 spiro atoms. The number of halogens is 2. The number of amides is 1. The van der Waals surface area contributed by atoms with Gasteiger partial charge in [0, 0.05) is 35.1 Å². The van der Waals surface area contributed by atoms with Crippen LogP contribution in [0, 0.1) is 12.7 Å². The number of piperazine rings is 1. The summed E-state index contributed by atoms with van der Waals surface area (Å²) in [7, 11) is 3.61. The van der Waals surface area contributed by atoms with Crippen LogP contribution < -0.4 is 19.3 Å². The maximum absolute atomic E-state index is 17.1. The topological polar surface area (TPSA) is 87.7 Å². The van der Waals surface area contributed by atoms with Crippen LogP contribution in [-0.2, 0) is 9.53 Å². The number of carbonyl (C=O) groups is 1. The molecule has 2 aromatic carbocycles. The third-order valence-corrected chi connectivity index (χ3v) is 10.4. The van der Waals surface area contributed by atoms with Gasteiger partial charge in [-0.15, -0.1) is 0 Å². The minimum atomic E-state index is -0.691. The Kier molecular flexibility index (Phi) is 8.01. The smallest absolute Gasteiger partial charge is 0.410 e. The molecule has 4 aliphatic rings. The van der Waals surface area contributed by atoms with E-state index in [1.54, 1.807) is 24.1 Å². The van der Waals surface area contributed by atoms with Gasteiger partial charge in [-0.2, -0.15) is 0 Å². The Morgan fingerprint density at radius 3 is 2.60 bits per heavy atom. The Balaban J connectivity index is 1.46. The molecular weight excluding hydrogens is 637 g/mol. The molecule has 254 valence electrons. The standard InChI is InChI=1S/C36H41ClFN5O5/c1-19-10-8-12-26(46-7)28(19)29-22(37)14-21-31(30(29)38)39-34-33-32(21)42-15-20(2)41(35(45)48-36(3,4)5)16-24(42)25(18-44)43(33)17-27(47-34)23-11-9-13-40(23)6/h8,10,12,14,20,23-24,27H,9,11,13,15-17H2,1-7H3/t20-,23+,24-,27-/m1/s1. The van der Waals surface area contributed by atoms with Crippen molar-refractivity contribution in [1.82, 2.24) is 14.8 Å². The van der Waals surface area contributed by atoms with Gasteiger partial charge in [-0.3, -0.25) is 4.90 Å². The molecule has 0 radical (unpaired) electrons. The average molecular weight is 678 g/mol. The van der Waals surface area contributed by atoms with Crippen molar-refractivity contribution in [3.63, 3.8) is 0 Å². The van der Waals surface area contributed by atoms with Gasteiger partial charge in [0.2, 0.25) is 5.88 Å². The molecule has 0 bridgehead atoms. The molecule has 12 heteroatoms. The summed E-state index contributed by atoms with van der Waals surface area (Å²) in [5, 5.41) is 0.693. The summed E-state index contributed by atoms with van der Waals surface area (Å²) in [6, 6.07) is 6.47. The number of anilines is 2. The van der Waals surface area contributed by atoms with Gasteiger partial charge < -0.3 is 28.9 Å². The number of methoxy groups -OCH3 is 1. The molecule has 0 unspecified atom stereocenters. The van der Waals surface area contributed by atoms with E-state index in [9.17, 15) is 9.59 Å². The predicted molar refractivity (Wildman–Crippen MR) is 184 cm³/mol. The van der Waals surface area contributed by atoms with Crippen molar-refractivity contribution in [3.05, 3.63) is 46.4 Å². The van der Waals surface area contributed by atoms with Gasteiger partial charge in [-0.25, -0.2) is 19.0 Å². The van der Waals surface area contributed by atoms with Gasteiger partial charge in [0.15, 0.2) is 5.82 Å². The number of pyridine rings is 1. The van der Waals surface area contributed by atoms with Crippen LogP contribution in [0.4, 0.5) is 20.6 Å². The Bertz CT molecular complexity index is 1870. The molecule has 10 nitrogen and oxygen atoms in total. The minimum Gasteiger partial charge on any atom is -0.496 e. The molecule has 5 heterocycles. The largest absolute Gasteiger partial charge is 0.496 e. The number of rotatable bonds is 3. The molecule has 1 amide bonds. The first kappa shape index (κ1) is 32.5. The zero-order valence-corrected chi connectivity index (χ0v) is 29.2. The zero-order valence-electron chi connectivity index (χ0n) is 28.4. The summed E-state index contributed by atoms with van der Waals surface area (Å²) < 4.78 is 35.2. The molecule has 4 atom stereocenters. The van der Waals surface area contributed by atoms with Crippen molar-refractivity contribution in [1.29, 1.82) is 0 Å². The lowest BCUT2D eigenvalue weighted by molar-refractivity contribution is 0.0132. The van der Waals surface area contributed by atoms with Crippen LogP contribution >= 0.6 is 11.6 Å². The molecule has 2 saturated heterocycles. The monoisotopic (exact) mass is 677 g/mol. The molecule has 0 saturated carbocycles. The fourth-order valence-electron chi connectivity index (χ4n) is 7.87. The van der Waals surface area contributed by atoms with Crippen LogP contribution in [-0.4, -0.2) is 97.0 Å². The second kappa shape index (κ2) is 11.8. The van der Waals surface area contributed by atoms with Crippen molar-refractivity contribution < 1.29 is 28.2 Å². The highest BCUT2D eigenvalue weighted by molar-refractivity contribution is 6.34. The molecule has 0 N–H and O–H groups in total. The molecule has 2 fully saturated rings. The maximum atomic E-state index is 17.1. The van der Waals surface area contributed by atoms with E-state index in [1.165, 1.54) is 0 Å². The van der Waals surface area contributed by atoms with E-state index in [2.05, 4.69) is 22.8 Å². The van der Waals surface area contributed by atoms with Crippen molar-refractivity contribution in [2.45, 2.75) is 77.3 Å². The lowest BCUT2D eigenvalue weighted by Crippen LogP contribution is -2.65. The Labute approximate surface area is 285 Å². The van der Waals surface area contributed by atoms with E-state index in [4.69, 9.17) is 30.8 Å². The Morgan fingerprint density at radius 2 is 1.94 bits per heavy atom. The van der Waals surface area contributed by atoms with Crippen LogP contribution in [0.1, 0.15) is 46.1 Å². The molecule has 7 rings (SSSR count). The summed E-state index contributed by atoms with van der Waals surface area (Å²) in [4.78, 5) is 39.1. The maximum Gasteiger partial charge on any atom is 0.410 e. The lowest BCUT2D eigenvalue weighted by atomic mass is 9.92. The molecule has 48 heavy (non-hydrogen) atoms. The van der Waals surface area contributed by atoms with Crippen molar-refractivity contribution >= 4 is 45.9 Å². The van der Waals surface area contributed by atoms with Gasteiger partial charge >= 0.3 is 6.09 Å². The van der Waals surface area contributed by atoms with Crippen LogP contribution in [0.15, 0.2) is 30.0 Å². The van der Waals surface area contributed by atoms with Crippen LogP contribution in [0.2, 0.25) is 5.02 Å². The van der Waals surface area contributed by atoms with Gasteiger partial charge in [-0.05, 0) is 78.7 Å². The number of aryl methyl sites for hydroxylation is 1. The molecule has 4 aliphatic heterocycles. The third-order valence-electron chi connectivity index (χ3n) is 10.1. The highest BCUT2D eigenvalue weighted by Crippen LogP contribution is 2.54. The molecule has 1 aromatic heterocycles. The van der Waals surface area contributed by atoms with E-state index in [-0.39, 0.29) is 46.7 Å².